The van der Waals surface area contributed by atoms with Crippen LogP contribution in [0.25, 0.3) is 0 Å². The van der Waals surface area contributed by atoms with E-state index in [1.807, 2.05) is 50.4 Å². The van der Waals surface area contributed by atoms with Crippen molar-refractivity contribution >= 4 is 17.4 Å². The minimum atomic E-state index is -0.208. The lowest BCUT2D eigenvalue weighted by atomic mass is 10.1. The molecule has 0 spiro atoms. The monoisotopic (exact) mass is 319 g/mol. The number of hydrogen-bond acceptors (Lipinski definition) is 4. The fraction of sp³-hybridized carbons (Fsp3) is 0.375. The number of amides is 2. The lowest BCUT2D eigenvalue weighted by Crippen LogP contribution is -2.36. The second kappa shape index (κ2) is 7.79. The van der Waals surface area contributed by atoms with Gasteiger partial charge >= 0.3 is 6.03 Å². The van der Waals surface area contributed by atoms with Crippen LogP contribution in [0.15, 0.2) is 29.6 Å². The quantitative estimate of drug-likeness (QED) is 0.857. The van der Waals surface area contributed by atoms with Gasteiger partial charge in [-0.2, -0.15) is 0 Å². The molecule has 0 bridgehead atoms. The van der Waals surface area contributed by atoms with Crippen molar-refractivity contribution in [3.8, 4) is 5.75 Å². The highest BCUT2D eigenvalue weighted by Crippen LogP contribution is 2.19. The Kier molecular flexibility index (Phi) is 5.77. The number of thiazole rings is 1. The Morgan fingerprint density at radius 2 is 2.27 bits per heavy atom. The van der Waals surface area contributed by atoms with Gasteiger partial charge in [0.05, 0.1) is 29.9 Å². The van der Waals surface area contributed by atoms with Crippen LogP contribution in [0.2, 0.25) is 0 Å². The van der Waals surface area contributed by atoms with Crippen LogP contribution in [0.3, 0.4) is 0 Å². The Balaban J connectivity index is 1.86. The van der Waals surface area contributed by atoms with E-state index in [2.05, 4.69) is 15.6 Å². The molecule has 0 fully saturated rings. The second-order valence-electron chi connectivity index (χ2n) is 4.91. The summed E-state index contributed by atoms with van der Waals surface area (Å²) in [5.41, 5.74) is 1.88. The van der Waals surface area contributed by atoms with Crippen LogP contribution in [0.5, 0.6) is 5.75 Å². The van der Waals surface area contributed by atoms with E-state index < -0.39 is 0 Å². The minimum Gasteiger partial charge on any atom is -0.494 e. The molecule has 0 aliphatic rings. The zero-order chi connectivity index (χ0) is 15.9. The Morgan fingerprint density at radius 3 is 2.95 bits per heavy atom. The smallest absolute Gasteiger partial charge is 0.315 e. The van der Waals surface area contributed by atoms with Gasteiger partial charge in [0.2, 0.25) is 0 Å². The molecule has 1 atom stereocenters. The zero-order valence-corrected chi connectivity index (χ0v) is 13.9. The molecule has 2 amide bonds. The molecule has 1 heterocycles. The summed E-state index contributed by atoms with van der Waals surface area (Å²) < 4.78 is 5.47. The van der Waals surface area contributed by atoms with Crippen molar-refractivity contribution in [2.75, 3.05) is 6.61 Å². The summed E-state index contributed by atoms with van der Waals surface area (Å²) in [4.78, 5) is 16.3. The van der Waals surface area contributed by atoms with E-state index >= 15 is 0 Å². The highest BCUT2D eigenvalue weighted by Gasteiger charge is 2.10. The summed E-state index contributed by atoms with van der Waals surface area (Å²) in [6, 6.07) is 7.44. The first kappa shape index (κ1) is 16.3. The predicted octanol–water partition coefficient (Wildman–Crippen LogP) is 3.41. The van der Waals surface area contributed by atoms with Crippen LogP contribution in [0, 0.1) is 6.92 Å². The van der Waals surface area contributed by atoms with Gasteiger partial charge < -0.3 is 15.4 Å². The molecule has 2 rings (SSSR count). The van der Waals surface area contributed by atoms with Gasteiger partial charge in [0.15, 0.2) is 0 Å². The van der Waals surface area contributed by atoms with E-state index in [-0.39, 0.29) is 12.1 Å². The minimum absolute atomic E-state index is 0.0995. The van der Waals surface area contributed by atoms with Crippen molar-refractivity contribution in [3.05, 3.63) is 45.9 Å². The normalized spacial score (nSPS) is 11.8. The summed E-state index contributed by atoms with van der Waals surface area (Å²) in [7, 11) is 0. The lowest BCUT2D eigenvalue weighted by Gasteiger charge is -2.15. The highest BCUT2D eigenvalue weighted by atomic mass is 32.1. The predicted molar refractivity (Wildman–Crippen MR) is 88.2 cm³/mol. The summed E-state index contributed by atoms with van der Waals surface area (Å²) in [5.74, 6) is 0.812. The molecular formula is C16H21N3O2S. The third-order valence-electron chi connectivity index (χ3n) is 3.11. The molecule has 2 N–H and O–H groups in total. The van der Waals surface area contributed by atoms with Gasteiger partial charge in [0.25, 0.3) is 0 Å². The third-order valence-corrected chi connectivity index (χ3v) is 3.94. The molecule has 6 heteroatoms. The van der Waals surface area contributed by atoms with Gasteiger partial charge in [0, 0.05) is 5.38 Å². The number of nitrogens with one attached hydrogen (secondary N) is 2. The number of carbonyl (C=O) groups is 1. The van der Waals surface area contributed by atoms with Gasteiger partial charge in [-0.15, -0.1) is 11.3 Å². The van der Waals surface area contributed by atoms with Gasteiger partial charge in [0.1, 0.15) is 5.75 Å². The number of aromatic nitrogens is 1. The van der Waals surface area contributed by atoms with E-state index in [0.717, 1.165) is 22.0 Å². The average Bonchev–Trinajstić information content (AvgIpc) is 2.91. The van der Waals surface area contributed by atoms with Crippen molar-refractivity contribution in [2.45, 2.75) is 33.4 Å². The van der Waals surface area contributed by atoms with Crippen LogP contribution in [-0.2, 0) is 6.54 Å². The van der Waals surface area contributed by atoms with Crippen LogP contribution in [0.1, 0.15) is 36.2 Å². The standard InChI is InChI=1S/C16H21N3O2S/c1-4-21-15-7-5-6-13(8-15)11(2)18-16(20)17-9-14-10-22-12(3)19-14/h5-8,10-11H,4,9H2,1-3H3,(H2,17,18,20)/t11-/m0/s1. The van der Waals surface area contributed by atoms with Crippen LogP contribution >= 0.6 is 11.3 Å². The molecule has 118 valence electrons. The van der Waals surface area contributed by atoms with Crippen LogP contribution < -0.4 is 15.4 Å². The van der Waals surface area contributed by atoms with Gasteiger partial charge in [-0.05, 0) is 38.5 Å². The molecule has 0 aliphatic heterocycles. The first-order chi connectivity index (χ1) is 10.6. The molecule has 1 aromatic heterocycles. The molecule has 1 aromatic carbocycles. The first-order valence-corrected chi connectivity index (χ1v) is 8.14. The van der Waals surface area contributed by atoms with Crippen molar-refractivity contribution in [1.29, 1.82) is 0 Å². The van der Waals surface area contributed by atoms with E-state index in [1.54, 1.807) is 11.3 Å². The van der Waals surface area contributed by atoms with Crippen LogP contribution in [0.4, 0.5) is 4.79 Å². The number of nitrogens with zero attached hydrogens (tertiary/aromatic N) is 1. The topological polar surface area (TPSA) is 63.2 Å². The van der Waals surface area contributed by atoms with Gasteiger partial charge in [-0.3, -0.25) is 0 Å². The van der Waals surface area contributed by atoms with Crippen molar-refractivity contribution in [2.24, 2.45) is 0 Å². The van der Waals surface area contributed by atoms with Crippen molar-refractivity contribution < 1.29 is 9.53 Å². The fourth-order valence-electron chi connectivity index (χ4n) is 2.03. The molecule has 5 nitrogen and oxygen atoms in total. The fourth-order valence-corrected chi connectivity index (χ4v) is 2.64. The summed E-state index contributed by atoms with van der Waals surface area (Å²) in [5, 5.41) is 8.68. The maximum absolute atomic E-state index is 11.9. The molecule has 0 saturated heterocycles. The number of hydrogen-bond donors (Lipinski definition) is 2. The maximum Gasteiger partial charge on any atom is 0.315 e. The SMILES string of the molecule is CCOc1cccc([C@H](C)NC(=O)NCc2csc(C)n2)c1. The Morgan fingerprint density at radius 1 is 1.45 bits per heavy atom. The number of urea groups is 1. The summed E-state index contributed by atoms with van der Waals surface area (Å²) in [6.07, 6.45) is 0. The molecule has 0 unspecified atom stereocenters. The van der Waals surface area contributed by atoms with E-state index in [1.165, 1.54) is 0 Å². The number of ether oxygens (including phenoxy) is 1. The summed E-state index contributed by atoms with van der Waals surface area (Å²) >= 11 is 1.58. The number of benzene rings is 1. The third kappa shape index (κ3) is 4.73. The summed E-state index contributed by atoms with van der Waals surface area (Å²) in [6.45, 7) is 6.89. The van der Waals surface area contributed by atoms with Crippen molar-refractivity contribution in [1.82, 2.24) is 15.6 Å². The van der Waals surface area contributed by atoms with Gasteiger partial charge in [-0.25, -0.2) is 9.78 Å². The average molecular weight is 319 g/mol. The number of carbonyl (C=O) groups excluding carboxylic acids is 1. The second-order valence-corrected chi connectivity index (χ2v) is 5.97. The van der Waals surface area contributed by atoms with E-state index in [0.29, 0.717) is 13.2 Å². The van der Waals surface area contributed by atoms with Crippen LogP contribution in [-0.4, -0.2) is 17.6 Å². The Hall–Kier alpha value is -2.08. The Labute approximate surface area is 134 Å². The molecule has 0 radical (unpaired) electrons. The maximum atomic E-state index is 11.9. The van der Waals surface area contributed by atoms with Crippen molar-refractivity contribution in [3.63, 3.8) is 0 Å². The Bertz CT molecular complexity index is 627. The largest absolute Gasteiger partial charge is 0.494 e. The van der Waals surface area contributed by atoms with E-state index in [9.17, 15) is 4.79 Å². The van der Waals surface area contributed by atoms with E-state index in [4.69, 9.17) is 4.74 Å². The first-order valence-electron chi connectivity index (χ1n) is 7.26. The molecule has 2 aromatic rings. The zero-order valence-electron chi connectivity index (χ0n) is 13.1. The number of rotatable bonds is 6. The molecule has 0 saturated carbocycles. The lowest BCUT2D eigenvalue weighted by molar-refractivity contribution is 0.237. The number of aryl methyl sites for hydroxylation is 1. The molecule has 22 heavy (non-hydrogen) atoms. The molecular weight excluding hydrogens is 298 g/mol. The molecule has 0 aliphatic carbocycles. The van der Waals surface area contributed by atoms with Gasteiger partial charge in [-0.1, -0.05) is 12.1 Å². The highest BCUT2D eigenvalue weighted by molar-refractivity contribution is 7.09.